The van der Waals surface area contributed by atoms with E-state index in [0.29, 0.717) is 6.42 Å². The molecule has 0 unspecified atom stereocenters. The summed E-state index contributed by atoms with van der Waals surface area (Å²) < 4.78 is 0. The molecule has 0 aromatic heterocycles. The van der Waals surface area contributed by atoms with E-state index in [9.17, 15) is 9.90 Å². The van der Waals surface area contributed by atoms with E-state index < -0.39 is 11.4 Å². The first kappa shape index (κ1) is 10.0. The Morgan fingerprint density at radius 2 is 2.13 bits per heavy atom. The minimum atomic E-state index is -0.747. The molecule has 0 amide bonds. The van der Waals surface area contributed by atoms with Crippen LogP contribution >= 0.6 is 0 Å². The van der Waals surface area contributed by atoms with Gasteiger partial charge < -0.3 is 10.2 Å². The first-order valence-electron chi connectivity index (χ1n) is 5.05. The fourth-order valence-corrected chi connectivity index (χ4v) is 1.84. The lowest BCUT2D eigenvalue weighted by molar-refractivity contribution is -0.143. The monoisotopic (exact) mass is 206 g/mol. The van der Waals surface area contributed by atoms with E-state index in [-0.39, 0.29) is 5.75 Å². The number of rotatable bonds is 3. The number of aliphatic carboxylic acids is 1. The Hall–Kier alpha value is -1.51. The number of aromatic hydroxyl groups is 1. The molecule has 1 aromatic rings. The summed E-state index contributed by atoms with van der Waals surface area (Å²) in [5, 5.41) is 18.7. The summed E-state index contributed by atoms with van der Waals surface area (Å²) in [4.78, 5) is 11.0. The van der Waals surface area contributed by atoms with Crippen molar-refractivity contribution < 1.29 is 15.0 Å². The molecular formula is C12H14O3. The van der Waals surface area contributed by atoms with Gasteiger partial charge in [-0.3, -0.25) is 4.79 Å². The Bertz CT molecular complexity index is 405. The van der Waals surface area contributed by atoms with Crippen molar-refractivity contribution >= 4 is 5.97 Å². The Kier molecular flexibility index (Phi) is 2.18. The zero-order valence-electron chi connectivity index (χ0n) is 8.66. The molecule has 1 aliphatic rings. The second-order valence-electron chi connectivity index (χ2n) is 4.39. The molecule has 1 fully saturated rings. The molecular weight excluding hydrogens is 192 g/mol. The van der Waals surface area contributed by atoms with Gasteiger partial charge in [0.15, 0.2) is 0 Å². The molecule has 0 saturated heterocycles. The molecule has 0 atom stereocenters. The Labute approximate surface area is 88.4 Å². The molecule has 1 saturated carbocycles. The molecule has 2 rings (SSSR count). The number of hydrogen-bond donors (Lipinski definition) is 2. The predicted molar refractivity (Wildman–Crippen MR) is 55.9 cm³/mol. The minimum Gasteiger partial charge on any atom is -0.508 e. The van der Waals surface area contributed by atoms with Gasteiger partial charge in [-0.2, -0.15) is 0 Å². The highest BCUT2D eigenvalue weighted by atomic mass is 16.4. The third kappa shape index (κ3) is 1.82. The van der Waals surface area contributed by atoms with Crippen LogP contribution in [0.25, 0.3) is 0 Å². The maximum atomic E-state index is 11.0. The van der Waals surface area contributed by atoms with E-state index in [1.54, 1.807) is 6.07 Å². The quantitative estimate of drug-likeness (QED) is 0.796. The first-order valence-corrected chi connectivity index (χ1v) is 5.05. The third-order valence-electron chi connectivity index (χ3n) is 3.07. The summed E-state index contributed by atoms with van der Waals surface area (Å²) in [5.41, 5.74) is 1.18. The van der Waals surface area contributed by atoms with Crippen molar-refractivity contribution in [3.63, 3.8) is 0 Å². The van der Waals surface area contributed by atoms with E-state index in [1.165, 1.54) is 0 Å². The summed E-state index contributed by atoms with van der Waals surface area (Å²) in [5.74, 6) is -0.545. The molecule has 1 aromatic carbocycles. The van der Waals surface area contributed by atoms with Gasteiger partial charge in [-0.15, -0.1) is 0 Å². The van der Waals surface area contributed by atoms with Crippen LogP contribution in [0.3, 0.4) is 0 Å². The zero-order valence-corrected chi connectivity index (χ0v) is 8.66. The van der Waals surface area contributed by atoms with E-state index in [2.05, 4.69) is 0 Å². The average Bonchev–Trinajstić information content (AvgIpc) is 2.92. The molecule has 3 nitrogen and oxygen atoms in total. The molecule has 15 heavy (non-hydrogen) atoms. The first-order chi connectivity index (χ1) is 7.03. The van der Waals surface area contributed by atoms with E-state index in [4.69, 9.17) is 5.11 Å². The minimum absolute atomic E-state index is 0.202. The van der Waals surface area contributed by atoms with Gasteiger partial charge in [0.2, 0.25) is 0 Å². The number of hydrogen-bond acceptors (Lipinski definition) is 2. The highest BCUT2D eigenvalue weighted by Gasteiger charge is 2.50. The topological polar surface area (TPSA) is 57.5 Å². The van der Waals surface area contributed by atoms with Gasteiger partial charge in [0, 0.05) is 0 Å². The maximum absolute atomic E-state index is 11.0. The van der Waals surface area contributed by atoms with Crippen molar-refractivity contribution in [2.45, 2.75) is 26.2 Å². The Morgan fingerprint density at radius 1 is 1.47 bits per heavy atom. The summed E-state index contributed by atoms with van der Waals surface area (Å²) >= 11 is 0. The van der Waals surface area contributed by atoms with Crippen LogP contribution in [0.2, 0.25) is 0 Å². The number of aryl methyl sites for hydroxylation is 1. The van der Waals surface area contributed by atoms with Gasteiger partial charge in [-0.25, -0.2) is 0 Å². The highest BCUT2D eigenvalue weighted by molar-refractivity contribution is 5.78. The van der Waals surface area contributed by atoms with Gasteiger partial charge in [0.25, 0.3) is 0 Å². The van der Waals surface area contributed by atoms with Crippen LogP contribution < -0.4 is 0 Å². The van der Waals surface area contributed by atoms with Crippen LogP contribution in [0.15, 0.2) is 18.2 Å². The molecule has 0 bridgehead atoms. The highest BCUT2D eigenvalue weighted by Crippen LogP contribution is 2.49. The van der Waals surface area contributed by atoms with Crippen LogP contribution in [0.5, 0.6) is 5.75 Å². The summed E-state index contributed by atoms with van der Waals surface area (Å²) in [6, 6.07) is 5.31. The number of carbonyl (C=O) groups is 1. The summed E-state index contributed by atoms with van der Waals surface area (Å²) in [6.45, 7) is 1.93. The van der Waals surface area contributed by atoms with Crippen LogP contribution in [0.1, 0.15) is 24.0 Å². The summed E-state index contributed by atoms with van der Waals surface area (Å²) in [7, 11) is 0. The fraction of sp³-hybridized carbons (Fsp3) is 0.417. The molecule has 0 heterocycles. The number of carboxylic acid groups (broad SMARTS) is 1. The standard InChI is InChI=1S/C12H14O3/c1-8-2-3-10(13)9(6-8)7-12(4-5-12)11(14)15/h2-3,6,13H,4-5,7H2,1H3,(H,14,15). The maximum Gasteiger partial charge on any atom is 0.309 e. The van der Waals surface area contributed by atoms with Crippen LogP contribution in [-0.4, -0.2) is 16.2 Å². The lowest BCUT2D eigenvalue weighted by atomic mass is 9.95. The number of benzene rings is 1. The van der Waals surface area contributed by atoms with Gasteiger partial charge >= 0.3 is 5.97 Å². The van der Waals surface area contributed by atoms with Crippen LogP contribution in [0, 0.1) is 12.3 Å². The normalized spacial score (nSPS) is 17.4. The van der Waals surface area contributed by atoms with Crippen molar-refractivity contribution in [3.05, 3.63) is 29.3 Å². The van der Waals surface area contributed by atoms with E-state index in [1.807, 2.05) is 19.1 Å². The molecule has 0 radical (unpaired) electrons. The van der Waals surface area contributed by atoms with Crippen molar-refractivity contribution in [2.24, 2.45) is 5.41 Å². The van der Waals surface area contributed by atoms with Gasteiger partial charge in [0.1, 0.15) is 5.75 Å². The van der Waals surface area contributed by atoms with Crippen LogP contribution in [0.4, 0.5) is 0 Å². The number of carboxylic acids is 1. The lowest BCUT2D eigenvalue weighted by Gasteiger charge is -2.11. The van der Waals surface area contributed by atoms with E-state index in [0.717, 1.165) is 24.0 Å². The number of phenolic OH excluding ortho intramolecular Hbond substituents is 1. The molecule has 0 aliphatic heterocycles. The van der Waals surface area contributed by atoms with E-state index >= 15 is 0 Å². The molecule has 1 aliphatic carbocycles. The van der Waals surface area contributed by atoms with Gasteiger partial charge in [-0.05, 0) is 37.8 Å². The van der Waals surface area contributed by atoms with Crippen LogP contribution in [-0.2, 0) is 11.2 Å². The Balaban J connectivity index is 2.24. The SMILES string of the molecule is Cc1ccc(O)c(CC2(C(=O)O)CC2)c1. The number of phenols is 1. The van der Waals surface area contributed by atoms with Crippen molar-refractivity contribution in [3.8, 4) is 5.75 Å². The molecule has 3 heteroatoms. The molecule has 0 spiro atoms. The van der Waals surface area contributed by atoms with Crippen molar-refractivity contribution in [2.75, 3.05) is 0 Å². The lowest BCUT2D eigenvalue weighted by Crippen LogP contribution is -2.17. The average molecular weight is 206 g/mol. The second kappa shape index (κ2) is 3.26. The van der Waals surface area contributed by atoms with Gasteiger partial charge in [-0.1, -0.05) is 17.7 Å². The third-order valence-corrected chi connectivity index (χ3v) is 3.07. The van der Waals surface area contributed by atoms with Crippen molar-refractivity contribution in [1.82, 2.24) is 0 Å². The predicted octanol–water partition coefficient (Wildman–Crippen LogP) is 2.11. The second-order valence-corrected chi connectivity index (χ2v) is 4.39. The van der Waals surface area contributed by atoms with Gasteiger partial charge in [0.05, 0.1) is 5.41 Å². The van der Waals surface area contributed by atoms with Crippen molar-refractivity contribution in [1.29, 1.82) is 0 Å². The summed E-state index contributed by atoms with van der Waals surface area (Å²) in [6.07, 6.45) is 1.88. The molecule has 2 N–H and O–H groups in total. The Morgan fingerprint density at radius 3 is 2.67 bits per heavy atom. The largest absolute Gasteiger partial charge is 0.508 e. The molecule has 80 valence electrons. The smallest absolute Gasteiger partial charge is 0.309 e. The fourth-order valence-electron chi connectivity index (χ4n) is 1.84. The zero-order chi connectivity index (χ0) is 11.1.